The van der Waals surface area contributed by atoms with Crippen molar-refractivity contribution < 1.29 is 13.8 Å². The Labute approximate surface area is 148 Å². The average molecular weight is 349 g/mol. The molecule has 3 aromatic heterocycles. The van der Waals surface area contributed by atoms with E-state index < -0.39 is 0 Å². The summed E-state index contributed by atoms with van der Waals surface area (Å²) in [6, 6.07) is 13.0. The van der Waals surface area contributed by atoms with Crippen LogP contribution in [-0.2, 0) is 6.54 Å². The Kier molecular flexibility index (Phi) is 4.29. The number of rotatable bonds is 6. The molecule has 0 amide bonds. The van der Waals surface area contributed by atoms with Crippen LogP contribution >= 0.6 is 0 Å². The zero-order chi connectivity index (χ0) is 17.8. The molecule has 0 aliphatic carbocycles. The molecule has 0 saturated carbocycles. The zero-order valence-electron chi connectivity index (χ0n) is 13.9. The van der Waals surface area contributed by atoms with Crippen LogP contribution in [0.1, 0.15) is 5.69 Å². The van der Waals surface area contributed by atoms with Crippen LogP contribution in [0.5, 0.6) is 5.75 Å². The first-order valence-corrected chi connectivity index (χ1v) is 7.89. The first-order valence-electron chi connectivity index (χ1n) is 7.89. The van der Waals surface area contributed by atoms with Crippen LogP contribution in [0.15, 0.2) is 64.0 Å². The number of aromatic nitrogens is 4. The molecule has 0 aliphatic heterocycles. The van der Waals surface area contributed by atoms with Gasteiger partial charge in [-0.3, -0.25) is 0 Å². The van der Waals surface area contributed by atoms with Gasteiger partial charge in [0.2, 0.25) is 5.82 Å². The van der Waals surface area contributed by atoms with Gasteiger partial charge in [0.05, 0.1) is 19.2 Å². The molecule has 0 bridgehead atoms. The van der Waals surface area contributed by atoms with Gasteiger partial charge in [-0.1, -0.05) is 10.3 Å². The van der Waals surface area contributed by atoms with Gasteiger partial charge in [0.1, 0.15) is 23.5 Å². The number of anilines is 1. The van der Waals surface area contributed by atoms with Gasteiger partial charge >= 0.3 is 0 Å². The van der Waals surface area contributed by atoms with E-state index in [-0.39, 0.29) is 0 Å². The summed E-state index contributed by atoms with van der Waals surface area (Å²) in [6.45, 7) is 0.533. The Morgan fingerprint density at radius 3 is 2.54 bits per heavy atom. The van der Waals surface area contributed by atoms with E-state index in [9.17, 15) is 0 Å². The fourth-order valence-corrected chi connectivity index (χ4v) is 2.33. The standard InChI is InChI=1S/C18H15N5O3/c1-24-15-5-2-12(3-6-15)17-21-18(26-23-17)13-4-7-16(19-10-13)20-11-14-8-9-25-22-14/h2-10H,11H2,1H3,(H,19,20). The molecule has 0 aliphatic rings. The minimum atomic E-state index is 0.409. The molecule has 0 spiro atoms. The lowest BCUT2D eigenvalue weighted by molar-refractivity contribution is 0.412. The topological polar surface area (TPSA) is 99.1 Å². The summed E-state index contributed by atoms with van der Waals surface area (Å²) in [6.07, 6.45) is 3.21. The van der Waals surface area contributed by atoms with Gasteiger partial charge in [-0.15, -0.1) is 0 Å². The van der Waals surface area contributed by atoms with Gasteiger partial charge < -0.3 is 19.1 Å². The van der Waals surface area contributed by atoms with Crippen LogP contribution < -0.4 is 10.1 Å². The highest BCUT2D eigenvalue weighted by Gasteiger charge is 2.11. The van der Waals surface area contributed by atoms with Crippen LogP contribution in [0.2, 0.25) is 0 Å². The number of hydrogen-bond donors (Lipinski definition) is 1. The molecule has 26 heavy (non-hydrogen) atoms. The summed E-state index contributed by atoms with van der Waals surface area (Å²) in [7, 11) is 1.62. The highest BCUT2D eigenvalue weighted by molar-refractivity contribution is 5.60. The fraction of sp³-hybridized carbons (Fsp3) is 0.111. The van der Waals surface area contributed by atoms with Crippen molar-refractivity contribution in [3.8, 4) is 28.6 Å². The third-order valence-electron chi connectivity index (χ3n) is 3.73. The second-order valence-electron chi connectivity index (χ2n) is 5.43. The summed E-state index contributed by atoms with van der Waals surface area (Å²) in [5.41, 5.74) is 2.39. The summed E-state index contributed by atoms with van der Waals surface area (Å²) in [5, 5.41) is 11.0. The Hall–Kier alpha value is -3.68. The van der Waals surface area contributed by atoms with E-state index in [0.717, 1.165) is 22.6 Å². The number of methoxy groups -OCH3 is 1. The van der Waals surface area contributed by atoms with Gasteiger partial charge in [-0.2, -0.15) is 4.98 Å². The van der Waals surface area contributed by atoms with Crippen LogP contribution in [0.3, 0.4) is 0 Å². The quantitative estimate of drug-likeness (QED) is 0.565. The summed E-state index contributed by atoms with van der Waals surface area (Å²) >= 11 is 0. The highest BCUT2D eigenvalue weighted by atomic mass is 16.5. The Morgan fingerprint density at radius 1 is 1.00 bits per heavy atom. The van der Waals surface area contributed by atoms with Crippen molar-refractivity contribution in [2.45, 2.75) is 6.54 Å². The largest absolute Gasteiger partial charge is 0.497 e. The lowest BCUT2D eigenvalue weighted by Gasteiger charge is -2.02. The van der Waals surface area contributed by atoms with Gasteiger partial charge in [0.25, 0.3) is 5.89 Å². The Morgan fingerprint density at radius 2 is 1.85 bits per heavy atom. The monoisotopic (exact) mass is 349 g/mol. The molecule has 0 fully saturated rings. The van der Waals surface area contributed by atoms with Crippen molar-refractivity contribution in [2.75, 3.05) is 12.4 Å². The fourth-order valence-electron chi connectivity index (χ4n) is 2.33. The van der Waals surface area contributed by atoms with Crippen LogP contribution in [0.4, 0.5) is 5.82 Å². The molecular weight excluding hydrogens is 334 g/mol. The molecule has 130 valence electrons. The van der Waals surface area contributed by atoms with Crippen LogP contribution in [-0.4, -0.2) is 27.4 Å². The van der Waals surface area contributed by atoms with Crippen molar-refractivity contribution in [1.29, 1.82) is 0 Å². The Balaban J connectivity index is 1.46. The second kappa shape index (κ2) is 7.06. The predicted octanol–water partition coefficient (Wildman–Crippen LogP) is 3.41. The molecule has 4 rings (SSSR count). The number of benzene rings is 1. The number of ether oxygens (including phenoxy) is 1. The SMILES string of the molecule is COc1ccc(-c2noc(-c3ccc(NCc4ccon4)nc3)n2)cc1. The van der Waals surface area contributed by atoms with Gasteiger partial charge in [0, 0.05) is 17.8 Å². The lowest BCUT2D eigenvalue weighted by Crippen LogP contribution is -2.01. The van der Waals surface area contributed by atoms with Gasteiger partial charge in [-0.05, 0) is 36.4 Å². The van der Waals surface area contributed by atoms with E-state index in [1.165, 1.54) is 6.26 Å². The van der Waals surface area contributed by atoms with Crippen molar-refractivity contribution >= 4 is 5.82 Å². The van der Waals surface area contributed by atoms with Gasteiger partial charge in [-0.25, -0.2) is 4.98 Å². The molecule has 0 atom stereocenters. The molecule has 3 heterocycles. The van der Waals surface area contributed by atoms with E-state index >= 15 is 0 Å². The van der Waals surface area contributed by atoms with E-state index in [1.807, 2.05) is 36.4 Å². The van der Waals surface area contributed by atoms with Crippen molar-refractivity contribution in [2.24, 2.45) is 0 Å². The maximum Gasteiger partial charge on any atom is 0.259 e. The molecular formula is C18H15N5O3. The minimum absolute atomic E-state index is 0.409. The maximum absolute atomic E-state index is 5.35. The molecule has 8 nitrogen and oxygen atoms in total. The van der Waals surface area contributed by atoms with Crippen molar-refractivity contribution in [3.63, 3.8) is 0 Å². The van der Waals surface area contributed by atoms with E-state index in [0.29, 0.717) is 24.1 Å². The van der Waals surface area contributed by atoms with Crippen molar-refractivity contribution in [1.82, 2.24) is 20.3 Å². The minimum Gasteiger partial charge on any atom is -0.497 e. The summed E-state index contributed by atoms with van der Waals surface area (Å²) < 4.78 is 15.3. The first-order chi connectivity index (χ1) is 12.8. The molecule has 1 aromatic carbocycles. The lowest BCUT2D eigenvalue weighted by atomic mass is 10.2. The molecule has 0 saturated heterocycles. The third kappa shape index (κ3) is 3.39. The number of pyridine rings is 1. The second-order valence-corrected chi connectivity index (χ2v) is 5.43. The number of nitrogens with one attached hydrogen (secondary N) is 1. The predicted molar refractivity (Wildman–Crippen MR) is 93.3 cm³/mol. The van der Waals surface area contributed by atoms with Crippen LogP contribution in [0.25, 0.3) is 22.8 Å². The number of hydrogen-bond acceptors (Lipinski definition) is 8. The van der Waals surface area contributed by atoms with Crippen LogP contribution in [0, 0.1) is 0 Å². The normalized spacial score (nSPS) is 10.7. The zero-order valence-corrected chi connectivity index (χ0v) is 13.9. The molecule has 8 heteroatoms. The smallest absolute Gasteiger partial charge is 0.259 e. The molecule has 1 N–H and O–H groups in total. The Bertz CT molecular complexity index is 963. The van der Waals surface area contributed by atoms with E-state index in [4.69, 9.17) is 13.8 Å². The van der Waals surface area contributed by atoms with E-state index in [1.54, 1.807) is 19.4 Å². The van der Waals surface area contributed by atoms with Gasteiger partial charge in [0.15, 0.2) is 0 Å². The first kappa shape index (κ1) is 15.8. The summed E-state index contributed by atoms with van der Waals surface area (Å²) in [4.78, 5) is 8.77. The van der Waals surface area contributed by atoms with Crippen molar-refractivity contribution in [3.05, 3.63) is 60.6 Å². The van der Waals surface area contributed by atoms with E-state index in [2.05, 4.69) is 25.6 Å². The molecule has 0 radical (unpaired) electrons. The molecule has 4 aromatic rings. The summed E-state index contributed by atoms with van der Waals surface area (Å²) in [5.74, 6) is 2.41. The number of nitrogens with zero attached hydrogens (tertiary/aromatic N) is 4. The highest BCUT2D eigenvalue weighted by Crippen LogP contribution is 2.24. The maximum atomic E-state index is 5.35. The average Bonchev–Trinajstić information content (AvgIpc) is 3.39. The molecule has 0 unspecified atom stereocenters. The third-order valence-corrected chi connectivity index (χ3v) is 3.73.